The highest BCUT2D eigenvalue weighted by Gasteiger charge is 2.24. The molecule has 13 heteroatoms. The van der Waals surface area contributed by atoms with Gasteiger partial charge >= 0.3 is 23.9 Å². The number of hydrogen-bond acceptors (Lipinski definition) is 8. The van der Waals surface area contributed by atoms with Crippen LogP contribution >= 0.6 is 0 Å². The number of carboxylic acid groups (broad SMARTS) is 4. The van der Waals surface area contributed by atoms with E-state index in [-0.39, 0.29) is 72.0 Å². The normalized spacial score (nSPS) is 21.7. The Morgan fingerprint density at radius 2 is 0.966 bits per heavy atom. The summed E-state index contributed by atoms with van der Waals surface area (Å²) in [4.78, 5) is 51.1. The molecule has 29 heavy (non-hydrogen) atoms. The molecule has 1 atom stereocenters. The third kappa shape index (κ3) is 10.8. The molecule has 0 aromatic carbocycles. The van der Waals surface area contributed by atoms with Gasteiger partial charge < -0.3 is 20.4 Å². The average Bonchev–Trinajstić information content (AvgIpc) is 2.57. The first-order valence-corrected chi connectivity index (χ1v) is 9.18. The Morgan fingerprint density at radius 3 is 1.38 bits per heavy atom. The third-order valence-electron chi connectivity index (χ3n) is 4.57. The molecule has 1 aliphatic heterocycles. The topological polar surface area (TPSA) is 162 Å². The molecule has 0 aliphatic carbocycles. The van der Waals surface area contributed by atoms with Gasteiger partial charge in [-0.3, -0.25) is 38.8 Å². The number of aliphatic carboxylic acids is 4. The summed E-state index contributed by atoms with van der Waals surface area (Å²) in [6, 6.07) is 0. The molecular formula is C16H28BN4O8. The predicted octanol–water partition coefficient (Wildman–Crippen LogP) is -3.23. The molecule has 1 aliphatic rings. The molecule has 1 fully saturated rings. The van der Waals surface area contributed by atoms with Crippen LogP contribution in [0, 0.1) is 0 Å². The third-order valence-corrected chi connectivity index (χ3v) is 4.57. The Bertz CT molecular complexity index is 593. The van der Waals surface area contributed by atoms with Gasteiger partial charge in [0, 0.05) is 45.8 Å². The zero-order valence-corrected chi connectivity index (χ0v) is 16.3. The van der Waals surface area contributed by atoms with E-state index in [9.17, 15) is 19.2 Å². The van der Waals surface area contributed by atoms with Crippen LogP contribution in [0.1, 0.15) is 0 Å². The van der Waals surface area contributed by atoms with Crippen molar-refractivity contribution < 1.29 is 39.6 Å². The van der Waals surface area contributed by atoms with Crippen molar-refractivity contribution in [3.05, 3.63) is 0 Å². The van der Waals surface area contributed by atoms with Crippen molar-refractivity contribution in [1.82, 2.24) is 19.6 Å². The summed E-state index contributed by atoms with van der Waals surface area (Å²) in [5.74, 6) is -4.72. The number of rotatable bonds is 8. The number of hydrogen-bond donors (Lipinski definition) is 4. The minimum atomic E-state index is -1.06. The Balaban J connectivity index is 3.01. The van der Waals surface area contributed by atoms with Crippen LogP contribution in [0.3, 0.4) is 0 Å². The molecule has 12 nitrogen and oxygen atoms in total. The number of nitrogens with zero attached hydrogens (tertiary/aromatic N) is 4. The van der Waals surface area contributed by atoms with E-state index in [4.69, 9.17) is 20.4 Å². The van der Waals surface area contributed by atoms with Crippen molar-refractivity contribution in [2.75, 3.05) is 72.0 Å². The maximum absolute atomic E-state index is 11.2. The zero-order chi connectivity index (χ0) is 22.0. The maximum Gasteiger partial charge on any atom is 0.317 e. The van der Waals surface area contributed by atoms with Crippen LogP contribution in [-0.4, -0.2) is 150 Å². The van der Waals surface area contributed by atoms with Gasteiger partial charge in [-0.1, -0.05) is 0 Å². The molecule has 1 saturated heterocycles. The first-order valence-electron chi connectivity index (χ1n) is 9.18. The van der Waals surface area contributed by atoms with Gasteiger partial charge in [0.1, 0.15) is 7.85 Å². The lowest BCUT2D eigenvalue weighted by Crippen LogP contribution is -2.53. The van der Waals surface area contributed by atoms with Crippen LogP contribution in [0.4, 0.5) is 0 Å². The monoisotopic (exact) mass is 415 g/mol. The molecule has 1 unspecified atom stereocenters. The second-order valence-corrected chi connectivity index (χ2v) is 6.99. The summed E-state index contributed by atoms with van der Waals surface area (Å²) in [5, 5.41) is 36.5. The van der Waals surface area contributed by atoms with Gasteiger partial charge in [-0.2, -0.15) is 0 Å². The molecule has 0 bridgehead atoms. The van der Waals surface area contributed by atoms with Crippen molar-refractivity contribution in [3.63, 3.8) is 0 Å². The lowest BCUT2D eigenvalue weighted by atomic mass is 9.93. The van der Waals surface area contributed by atoms with E-state index in [1.54, 1.807) is 19.6 Å². The highest BCUT2D eigenvalue weighted by atomic mass is 16.4. The Morgan fingerprint density at radius 1 is 0.621 bits per heavy atom. The van der Waals surface area contributed by atoms with Crippen molar-refractivity contribution in [2.24, 2.45) is 0 Å². The second-order valence-electron chi connectivity index (χ2n) is 6.99. The quantitative estimate of drug-likeness (QED) is 0.294. The maximum atomic E-state index is 11.2. The molecule has 4 N–H and O–H groups in total. The summed E-state index contributed by atoms with van der Waals surface area (Å²) in [6.45, 7) is 0.667. The predicted molar refractivity (Wildman–Crippen MR) is 102 cm³/mol. The minimum Gasteiger partial charge on any atom is -0.480 e. The highest BCUT2D eigenvalue weighted by molar-refractivity contribution is 6.12. The Kier molecular flexibility index (Phi) is 10.6. The van der Waals surface area contributed by atoms with E-state index >= 15 is 0 Å². The molecule has 0 saturated carbocycles. The highest BCUT2D eigenvalue weighted by Crippen LogP contribution is 2.05. The van der Waals surface area contributed by atoms with Gasteiger partial charge in [0.05, 0.1) is 26.2 Å². The second kappa shape index (κ2) is 12.4. The van der Waals surface area contributed by atoms with E-state index < -0.39 is 29.8 Å². The molecule has 0 amide bonds. The van der Waals surface area contributed by atoms with Gasteiger partial charge in [-0.05, 0) is 5.94 Å². The number of carbonyl (C=O) groups is 4. The van der Waals surface area contributed by atoms with Crippen LogP contribution in [0.5, 0.6) is 0 Å². The van der Waals surface area contributed by atoms with Crippen LogP contribution in [0.2, 0.25) is 0 Å². The molecule has 1 rings (SSSR count). The standard InChI is InChI=1S/C16H28BN4O8/c17-12-7-20(10-15(26)27)4-3-18(8-13(22)23)1-2-19(9-14(24)25)5-6-21(12)11-16(28)29/h12,17H,1-11H2,(H,22,23)(H,24,25)(H,26,27)(H,28,29). The average molecular weight is 415 g/mol. The van der Waals surface area contributed by atoms with Crippen molar-refractivity contribution in [2.45, 2.75) is 5.94 Å². The largest absolute Gasteiger partial charge is 0.480 e. The van der Waals surface area contributed by atoms with Crippen LogP contribution < -0.4 is 0 Å². The fourth-order valence-corrected chi connectivity index (χ4v) is 3.16. The summed E-state index contributed by atoms with van der Waals surface area (Å²) < 4.78 is 0. The van der Waals surface area contributed by atoms with E-state index in [1.165, 1.54) is 0 Å². The minimum absolute atomic E-state index is 0.180. The molecule has 1 radical (unpaired) electrons. The number of carboxylic acids is 4. The fourth-order valence-electron chi connectivity index (χ4n) is 3.16. The van der Waals surface area contributed by atoms with E-state index in [0.717, 1.165) is 0 Å². The van der Waals surface area contributed by atoms with Gasteiger partial charge in [-0.15, -0.1) is 0 Å². The lowest BCUT2D eigenvalue weighted by molar-refractivity contribution is -0.141. The van der Waals surface area contributed by atoms with E-state index in [1.807, 2.05) is 0 Å². The van der Waals surface area contributed by atoms with E-state index in [0.29, 0.717) is 0 Å². The molecule has 1 heterocycles. The van der Waals surface area contributed by atoms with Crippen LogP contribution in [0.25, 0.3) is 0 Å². The van der Waals surface area contributed by atoms with E-state index in [2.05, 4.69) is 7.85 Å². The molecule has 0 spiro atoms. The van der Waals surface area contributed by atoms with Crippen LogP contribution in [-0.2, 0) is 19.2 Å². The molecule has 0 aromatic rings. The Hall–Kier alpha value is -2.22. The van der Waals surface area contributed by atoms with Crippen LogP contribution in [0.15, 0.2) is 0 Å². The summed E-state index contributed by atoms with van der Waals surface area (Å²) in [6.07, 6.45) is 0. The van der Waals surface area contributed by atoms with Crippen molar-refractivity contribution >= 4 is 31.7 Å². The summed E-state index contributed by atoms with van der Waals surface area (Å²) >= 11 is 0. The van der Waals surface area contributed by atoms with Gasteiger partial charge in [0.2, 0.25) is 0 Å². The SMILES string of the molecule is [BH]C1CN(CC(=O)O)CCN(CC(=O)O)CCN(CC(=O)O)CCN1CC(=O)O. The van der Waals surface area contributed by atoms with Gasteiger partial charge in [0.25, 0.3) is 0 Å². The van der Waals surface area contributed by atoms with Crippen molar-refractivity contribution in [3.8, 4) is 0 Å². The van der Waals surface area contributed by atoms with Crippen molar-refractivity contribution in [1.29, 1.82) is 0 Å². The molecule has 0 aromatic heterocycles. The first-order chi connectivity index (χ1) is 13.6. The molecular weight excluding hydrogens is 387 g/mol. The zero-order valence-electron chi connectivity index (χ0n) is 16.3. The van der Waals surface area contributed by atoms with Gasteiger partial charge in [0.15, 0.2) is 0 Å². The summed E-state index contributed by atoms with van der Waals surface area (Å²) in [5.41, 5.74) is 0. The molecule has 163 valence electrons. The summed E-state index contributed by atoms with van der Waals surface area (Å²) in [7, 11) is 3.96. The van der Waals surface area contributed by atoms with Gasteiger partial charge in [-0.25, -0.2) is 0 Å². The fraction of sp³-hybridized carbons (Fsp3) is 0.750. The smallest absolute Gasteiger partial charge is 0.317 e. The lowest BCUT2D eigenvalue weighted by Gasteiger charge is -2.36. The first kappa shape index (κ1) is 24.8. The Labute approximate surface area is 169 Å².